The molecule has 6 nitrogen and oxygen atoms in total. The van der Waals surface area contributed by atoms with Crippen molar-refractivity contribution in [1.29, 1.82) is 0 Å². The molecule has 6 heteroatoms. The van der Waals surface area contributed by atoms with Crippen LogP contribution in [-0.2, 0) is 16.1 Å². The maximum absolute atomic E-state index is 11.1. The third-order valence-corrected chi connectivity index (χ3v) is 5.62. The lowest BCUT2D eigenvalue weighted by Gasteiger charge is -2.39. The summed E-state index contributed by atoms with van der Waals surface area (Å²) in [5, 5.41) is 2.88. The number of carbonyl (C=O) groups excluding carboxylic acids is 1. The average molecular weight is 376 g/mol. The minimum atomic E-state index is 0.00995. The molecule has 2 aliphatic heterocycles. The van der Waals surface area contributed by atoms with Gasteiger partial charge in [-0.2, -0.15) is 0 Å². The number of hydrogen-bond acceptors (Lipinski definition) is 5. The van der Waals surface area contributed by atoms with E-state index in [1.165, 1.54) is 5.56 Å². The molecule has 1 atom stereocenters. The van der Waals surface area contributed by atoms with Gasteiger partial charge in [-0.15, -0.1) is 0 Å². The highest BCUT2D eigenvalue weighted by molar-refractivity contribution is 5.72. The summed E-state index contributed by atoms with van der Waals surface area (Å²) < 4.78 is 17.4. The Bertz CT molecular complexity index is 641. The molecular formula is C21H32N2O4. The number of benzene rings is 1. The molecule has 0 radical (unpaired) electrons. The van der Waals surface area contributed by atoms with Gasteiger partial charge in [-0.25, -0.2) is 0 Å². The van der Waals surface area contributed by atoms with Crippen LogP contribution in [0.15, 0.2) is 18.2 Å². The Morgan fingerprint density at radius 2 is 2.07 bits per heavy atom. The SMILES string of the molecule is CCOc1cc(CN2CCC3(CCC(CNC(C)=O)O3)CC2)ccc1OC. The monoisotopic (exact) mass is 376 g/mol. The van der Waals surface area contributed by atoms with Crippen LogP contribution in [0.5, 0.6) is 11.5 Å². The summed E-state index contributed by atoms with van der Waals surface area (Å²) in [5.74, 6) is 1.61. The maximum Gasteiger partial charge on any atom is 0.216 e. The van der Waals surface area contributed by atoms with Crippen LogP contribution in [0.2, 0.25) is 0 Å². The first-order valence-corrected chi connectivity index (χ1v) is 9.98. The fraction of sp³-hybridized carbons (Fsp3) is 0.667. The van der Waals surface area contributed by atoms with Crippen molar-refractivity contribution >= 4 is 5.91 Å². The van der Waals surface area contributed by atoms with Gasteiger partial charge in [0.15, 0.2) is 11.5 Å². The number of hydrogen-bond donors (Lipinski definition) is 1. The number of ether oxygens (including phenoxy) is 3. The Morgan fingerprint density at radius 1 is 1.30 bits per heavy atom. The second-order valence-electron chi connectivity index (χ2n) is 7.59. The number of nitrogens with zero attached hydrogens (tertiary/aromatic N) is 1. The Labute approximate surface area is 162 Å². The summed E-state index contributed by atoms with van der Waals surface area (Å²) in [6.07, 6.45) is 4.41. The molecule has 0 aromatic heterocycles. The molecule has 3 rings (SSSR count). The first-order chi connectivity index (χ1) is 13.0. The van der Waals surface area contributed by atoms with Gasteiger partial charge in [0, 0.05) is 33.1 Å². The Morgan fingerprint density at radius 3 is 2.74 bits per heavy atom. The van der Waals surface area contributed by atoms with Crippen molar-refractivity contribution in [3.63, 3.8) is 0 Å². The third kappa shape index (κ3) is 5.14. The number of methoxy groups -OCH3 is 1. The maximum atomic E-state index is 11.1. The predicted octanol–water partition coefficient (Wildman–Crippen LogP) is 2.74. The molecule has 0 aliphatic carbocycles. The normalized spacial score (nSPS) is 22.0. The van der Waals surface area contributed by atoms with Crippen LogP contribution in [-0.4, -0.2) is 55.9 Å². The molecule has 150 valence electrons. The van der Waals surface area contributed by atoms with Crippen LogP contribution in [0.3, 0.4) is 0 Å². The highest BCUT2D eigenvalue weighted by atomic mass is 16.5. The fourth-order valence-corrected chi connectivity index (χ4v) is 4.13. The van der Waals surface area contributed by atoms with E-state index in [1.807, 2.05) is 13.0 Å². The van der Waals surface area contributed by atoms with Gasteiger partial charge in [-0.3, -0.25) is 9.69 Å². The van der Waals surface area contributed by atoms with Crippen molar-refractivity contribution in [2.75, 3.05) is 33.4 Å². The minimum absolute atomic E-state index is 0.00995. The summed E-state index contributed by atoms with van der Waals surface area (Å²) in [7, 11) is 1.67. The van der Waals surface area contributed by atoms with Gasteiger partial charge in [0.2, 0.25) is 5.91 Å². The van der Waals surface area contributed by atoms with Crippen molar-refractivity contribution in [3.05, 3.63) is 23.8 Å². The zero-order chi connectivity index (χ0) is 19.3. The lowest BCUT2D eigenvalue weighted by Crippen LogP contribution is -2.44. The molecule has 1 N–H and O–H groups in total. The van der Waals surface area contributed by atoms with Gasteiger partial charge in [0.05, 0.1) is 25.4 Å². The average Bonchev–Trinajstić information content (AvgIpc) is 3.06. The van der Waals surface area contributed by atoms with E-state index in [-0.39, 0.29) is 17.6 Å². The van der Waals surface area contributed by atoms with Gasteiger partial charge in [-0.1, -0.05) is 6.07 Å². The van der Waals surface area contributed by atoms with E-state index in [2.05, 4.69) is 22.3 Å². The van der Waals surface area contributed by atoms with Crippen molar-refractivity contribution in [3.8, 4) is 11.5 Å². The van der Waals surface area contributed by atoms with E-state index in [0.717, 1.165) is 56.8 Å². The molecule has 1 spiro atoms. The summed E-state index contributed by atoms with van der Waals surface area (Å²) in [5.41, 5.74) is 1.25. The van der Waals surface area contributed by atoms with Crippen molar-refractivity contribution < 1.29 is 19.0 Å². The molecule has 1 unspecified atom stereocenters. The van der Waals surface area contributed by atoms with E-state index in [9.17, 15) is 4.79 Å². The van der Waals surface area contributed by atoms with Gasteiger partial charge >= 0.3 is 0 Å². The van der Waals surface area contributed by atoms with Gasteiger partial charge in [0.1, 0.15) is 0 Å². The Hall–Kier alpha value is -1.79. The van der Waals surface area contributed by atoms with E-state index < -0.39 is 0 Å². The summed E-state index contributed by atoms with van der Waals surface area (Å²) in [6, 6.07) is 6.18. The molecule has 1 amide bonds. The lowest BCUT2D eigenvalue weighted by molar-refractivity contribution is -0.120. The first kappa shape index (κ1) is 20.0. The number of carbonyl (C=O) groups is 1. The molecule has 2 saturated heterocycles. The highest BCUT2D eigenvalue weighted by Crippen LogP contribution is 2.39. The predicted molar refractivity (Wildman–Crippen MR) is 104 cm³/mol. The zero-order valence-electron chi connectivity index (χ0n) is 16.8. The quantitative estimate of drug-likeness (QED) is 0.793. The van der Waals surface area contributed by atoms with E-state index in [0.29, 0.717) is 13.2 Å². The lowest BCUT2D eigenvalue weighted by atomic mass is 9.88. The fourth-order valence-electron chi connectivity index (χ4n) is 4.13. The molecule has 27 heavy (non-hydrogen) atoms. The number of likely N-dealkylation sites (tertiary alicyclic amines) is 1. The van der Waals surface area contributed by atoms with Crippen molar-refractivity contribution in [2.45, 2.75) is 57.8 Å². The number of amides is 1. The van der Waals surface area contributed by atoms with Crippen LogP contribution >= 0.6 is 0 Å². The molecule has 1 aromatic rings. The summed E-state index contributed by atoms with van der Waals surface area (Å²) in [4.78, 5) is 13.6. The minimum Gasteiger partial charge on any atom is -0.493 e. The molecule has 2 heterocycles. The topological polar surface area (TPSA) is 60.0 Å². The number of rotatable bonds is 7. The first-order valence-electron chi connectivity index (χ1n) is 9.98. The highest BCUT2D eigenvalue weighted by Gasteiger charge is 2.42. The van der Waals surface area contributed by atoms with Crippen molar-refractivity contribution in [1.82, 2.24) is 10.2 Å². The van der Waals surface area contributed by atoms with Gasteiger partial charge < -0.3 is 19.5 Å². The molecular weight excluding hydrogens is 344 g/mol. The third-order valence-electron chi connectivity index (χ3n) is 5.62. The van der Waals surface area contributed by atoms with Gasteiger partial charge in [0.25, 0.3) is 0 Å². The molecule has 2 aliphatic rings. The smallest absolute Gasteiger partial charge is 0.216 e. The number of nitrogens with one attached hydrogen (secondary N) is 1. The summed E-state index contributed by atoms with van der Waals surface area (Å²) in [6.45, 7) is 7.77. The molecule has 0 saturated carbocycles. The molecule has 0 bridgehead atoms. The van der Waals surface area contributed by atoms with Crippen LogP contribution in [0.25, 0.3) is 0 Å². The zero-order valence-corrected chi connectivity index (χ0v) is 16.8. The van der Waals surface area contributed by atoms with Crippen LogP contribution in [0.1, 0.15) is 45.1 Å². The van der Waals surface area contributed by atoms with E-state index in [1.54, 1.807) is 14.0 Å². The van der Waals surface area contributed by atoms with E-state index >= 15 is 0 Å². The van der Waals surface area contributed by atoms with Crippen molar-refractivity contribution in [2.24, 2.45) is 0 Å². The largest absolute Gasteiger partial charge is 0.493 e. The Kier molecular flexibility index (Phi) is 6.60. The summed E-state index contributed by atoms with van der Waals surface area (Å²) >= 11 is 0. The van der Waals surface area contributed by atoms with Crippen LogP contribution in [0, 0.1) is 0 Å². The van der Waals surface area contributed by atoms with Crippen LogP contribution < -0.4 is 14.8 Å². The van der Waals surface area contributed by atoms with Gasteiger partial charge in [-0.05, 0) is 50.3 Å². The second-order valence-corrected chi connectivity index (χ2v) is 7.59. The second kappa shape index (κ2) is 8.93. The molecule has 2 fully saturated rings. The Balaban J connectivity index is 1.51. The van der Waals surface area contributed by atoms with E-state index in [4.69, 9.17) is 14.2 Å². The standard InChI is InChI=1S/C21H32N2O4/c1-4-26-20-13-17(5-6-19(20)25-3)15-23-11-9-21(10-12-23)8-7-18(27-21)14-22-16(2)24/h5-6,13,18H,4,7-12,14-15H2,1-3H3,(H,22,24). The molecule has 1 aromatic carbocycles. The number of piperidine rings is 1. The van der Waals surface area contributed by atoms with Crippen LogP contribution in [0.4, 0.5) is 0 Å².